The van der Waals surface area contributed by atoms with Gasteiger partial charge < -0.3 is 19.1 Å². The lowest BCUT2D eigenvalue weighted by Crippen LogP contribution is -2.27. The number of carbonyl (C=O) groups is 2. The Labute approximate surface area is 138 Å². The predicted octanol–water partition coefficient (Wildman–Crippen LogP) is 3.40. The minimum Gasteiger partial charge on any atom is -0.497 e. The van der Waals surface area contributed by atoms with E-state index in [0.717, 1.165) is 0 Å². The molecule has 2 aromatic rings. The molecule has 2 rings (SSSR count). The van der Waals surface area contributed by atoms with Gasteiger partial charge in [-0.1, -0.05) is 5.16 Å². The number of methoxy groups -OCH3 is 1. The van der Waals surface area contributed by atoms with Crippen LogP contribution in [-0.2, 0) is 4.74 Å². The van der Waals surface area contributed by atoms with E-state index < -0.39 is 17.7 Å². The van der Waals surface area contributed by atoms with Gasteiger partial charge in [0.1, 0.15) is 11.4 Å². The largest absolute Gasteiger partial charge is 0.497 e. The maximum absolute atomic E-state index is 12.0. The highest BCUT2D eigenvalue weighted by Gasteiger charge is 2.20. The van der Waals surface area contributed by atoms with Crippen molar-refractivity contribution in [1.82, 2.24) is 5.16 Å². The monoisotopic (exact) mass is 334 g/mol. The van der Waals surface area contributed by atoms with Crippen molar-refractivity contribution in [3.05, 3.63) is 30.0 Å². The summed E-state index contributed by atoms with van der Waals surface area (Å²) in [5.74, 6) is -0.510. The Morgan fingerprint density at radius 1 is 1.25 bits per heavy atom. The molecule has 1 aromatic carbocycles. The van der Waals surface area contributed by atoms with E-state index in [-0.39, 0.29) is 11.5 Å². The quantitative estimate of drug-likeness (QED) is 0.881. The van der Waals surface area contributed by atoms with Crippen molar-refractivity contribution in [1.29, 1.82) is 0 Å². The van der Waals surface area contributed by atoms with Crippen LogP contribution in [0, 0.1) is 0 Å². The molecule has 0 fully saturated rings. The molecule has 1 aromatic heterocycles. The van der Waals surface area contributed by atoms with E-state index in [9.17, 15) is 9.59 Å². The normalized spacial score (nSPS) is 11.0. The Hall–Kier alpha value is -3.03. The number of aromatic carboxylic acids is 1. The van der Waals surface area contributed by atoms with Crippen LogP contribution in [0.5, 0.6) is 5.75 Å². The molecule has 24 heavy (non-hydrogen) atoms. The number of aromatic nitrogens is 1. The van der Waals surface area contributed by atoms with Gasteiger partial charge in [0.25, 0.3) is 0 Å². The van der Waals surface area contributed by atoms with Crippen molar-refractivity contribution in [3.8, 4) is 17.1 Å². The number of carboxylic acids is 1. The first-order valence-corrected chi connectivity index (χ1v) is 7.08. The molecule has 0 aliphatic heterocycles. The lowest BCUT2D eigenvalue weighted by atomic mass is 10.1. The van der Waals surface area contributed by atoms with Crippen LogP contribution < -0.4 is 10.1 Å². The number of hydrogen-bond donors (Lipinski definition) is 2. The SMILES string of the molecule is COc1ccc(-c2cc(C(=O)O)no2)c(NC(=O)OC(C)(C)C)c1. The van der Waals surface area contributed by atoms with Crippen LogP contribution >= 0.6 is 0 Å². The van der Waals surface area contributed by atoms with Gasteiger partial charge in [0.05, 0.1) is 12.8 Å². The molecule has 0 aliphatic rings. The van der Waals surface area contributed by atoms with Gasteiger partial charge in [-0.05, 0) is 32.9 Å². The number of carbonyl (C=O) groups excluding carboxylic acids is 1. The molecule has 0 saturated carbocycles. The molecule has 1 heterocycles. The summed E-state index contributed by atoms with van der Waals surface area (Å²) in [4.78, 5) is 22.9. The summed E-state index contributed by atoms with van der Waals surface area (Å²) in [6, 6.07) is 6.11. The summed E-state index contributed by atoms with van der Waals surface area (Å²) < 4.78 is 15.4. The van der Waals surface area contributed by atoms with Crippen LogP contribution in [0.25, 0.3) is 11.3 Å². The zero-order valence-corrected chi connectivity index (χ0v) is 13.7. The molecular weight excluding hydrogens is 316 g/mol. The number of rotatable bonds is 4. The zero-order chi connectivity index (χ0) is 17.9. The third-order valence-corrected chi connectivity index (χ3v) is 2.86. The molecule has 128 valence electrons. The minimum atomic E-state index is -1.21. The zero-order valence-electron chi connectivity index (χ0n) is 13.7. The van der Waals surface area contributed by atoms with Crippen LogP contribution in [0.1, 0.15) is 31.3 Å². The highest BCUT2D eigenvalue weighted by molar-refractivity contribution is 5.92. The Morgan fingerprint density at radius 3 is 2.50 bits per heavy atom. The van der Waals surface area contributed by atoms with Gasteiger partial charge in [0.2, 0.25) is 0 Å². The second kappa shape index (κ2) is 6.61. The molecule has 0 aliphatic carbocycles. The topological polar surface area (TPSA) is 111 Å². The first-order valence-electron chi connectivity index (χ1n) is 7.08. The molecule has 0 radical (unpaired) electrons. The summed E-state index contributed by atoms with van der Waals surface area (Å²) in [5.41, 5.74) is -0.103. The fraction of sp³-hybridized carbons (Fsp3) is 0.312. The number of nitrogens with zero attached hydrogens (tertiary/aromatic N) is 1. The number of nitrogens with one attached hydrogen (secondary N) is 1. The lowest BCUT2D eigenvalue weighted by molar-refractivity contribution is 0.0633. The standard InChI is InChI=1S/C16H18N2O6/c1-16(2,3)23-15(21)17-11-7-9(22-4)5-6-10(11)13-8-12(14(19)20)18-24-13/h5-8H,1-4H3,(H,17,21)(H,19,20). The van der Waals surface area contributed by atoms with E-state index in [1.54, 1.807) is 39.0 Å². The minimum absolute atomic E-state index is 0.195. The highest BCUT2D eigenvalue weighted by atomic mass is 16.6. The number of carboxylic acid groups (broad SMARTS) is 1. The molecule has 0 spiro atoms. The summed E-state index contributed by atoms with van der Waals surface area (Å²) in [7, 11) is 1.49. The molecule has 8 heteroatoms. The fourth-order valence-corrected chi connectivity index (χ4v) is 1.89. The molecule has 2 N–H and O–H groups in total. The average Bonchev–Trinajstić information content (AvgIpc) is 2.94. The molecule has 1 amide bonds. The molecule has 0 unspecified atom stereocenters. The van der Waals surface area contributed by atoms with Crippen LogP contribution in [0.2, 0.25) is 0 Å². The van der Waals surface area contributed by atoms with E-state index in [4.69, 9.17) is 19.1 Å². The Morgan fingerprint density at radius 2 is 1.96 bits per heavy atom. The van der Waals surface area contributed by atoms with Crippen LogP contribution in [-0.4, -0.2) is 35.0 Å². The summed E-state index contributed by atoms with van der Waals surface area (Å²) in [6.45, 7) is 5.23. The second-order valence-electron chi connectivity index (χ2n) is 5.92. The summed E-state index contributed by atoms with van der Waals surface area (Å²) in [5, 5.41) is 15.0. The molecule has 0 atom stereocenters. The van der Waals surface area contributed by atoms with Crippen LogP contribution in [0.15, 0.2) is 28.8 Å². The summed E-state index contributed by atoms with van der Waals surface area (Å²) >= 11 is 0. The van der Waals surface area contributed by atoms with E-state index in [0.29, 0.717) is 17.0 Å². The number of hydrogen-bond acceptors (Lipinski definition) is 6. The average molecular weight is 334 g/mol. The van der Waals surface area contributed by atoms with E-state index in [1.165, 1.54) is 13.2 Å². The molecule has 8 nitrogen and oxygen atoms in total. The summed E-state index contributed by atoms with van der Waals surface area (Å²) in [6.07, 6.45) is -0.657. The molecule has 0 bridgehead atoms. The number of anilines is 1. The lowest BCUT2D eigenvalue weighted by Gasteiger charge is -2.20. The maximum Gasteiger partial charge on any atom is 0.412 e. The van der Waals surface area contributed by atoms with Gasteiger partial charge >= 0.3 is 12.1 Å². The Kier molecular flexibility index (Phi) is 4.77. The molecule has 0 saturated heterocycles. The van der Waals surface area contributed by atoms with Crippen LogP contribution in [0.4, 0.5) is 10.5 Å². The first-order chi connectivity index (χ1) is 11.2. The fourth-order valence-electron chi connectivity index (χ4n) is 1.89. The van der Waals surface area contributed by atoms with Gasteiger partial charge in [-0.25, -0.2) is 9.59 Å². The van der Waals surface area contributed by atoms with Gasteiger partial charge in [-0.15, -0.1) is 0 Å². The third-order valence-electron chi connectivity index (χ3n) is 2.86. The van der Waals surface area contributed by atoms with E-state index in [1.807, 2.05) is 0 Å². The van der Waals surface area contributed by atoms with Gasteiger partial charge in [0.15, 0.2) is 11.5 Å². The van der Waals surface area contributed by atoms with E-state index >= 15 is 0 Å². The first kappa shape index (κ1) is 17.3. The Bertz CT molecular complexity index is 760. The van der Waals surface area contributed by atoms with Gasteiger partial charge in [-0.2, -0.15) is 0 Å². The van der Waals surface area contributed by atoms with Crippen molar-refractivity contribution >= 4 is 17.7 Å². The van der Waals surface area contributed by atoms with Crippen LogP contribution in [0.3, 0.4) is 0 Å². The van der Waals surface area contributed by atoms with Gasteiger partial charge in [0, 0.05) is 17.7 Å². The number of benzene rings is 1. The van der Waals surface area contributed by atoms with Crippen molar-refractivity contribution in [2.24, 2.45) is 0 Å². The van der Waals surface area contributed by atoms with Gasteiger partial charge in [-0.3, -0.25) is 5.32 Å². The second-order valence-corrected chi connectivity index (χ2v) is 5.92. The smallest absolute Gasteiger partial charge is 0.412 e. The van der Waals surface area contributed by atoms with Crippen molar-refractivity contribution in [2.75, 3.05) is 12.4 Å². The van der Waals surface area contributed by atoms with E-state index in [2.05, 4.69) is 10.5 Å². The van der Waals surface area contributed by atoms with Crippen molar-refractivity contribution < 1.29 is 28.7 Å². The predicted molar refractivity (Wildman–Crippen MR) is 85.3 cm³/mol. The maximum atomic E-state index is 12.0. The van der Waals surface area contributed by atoms with Crippen molar-refractivity contribution in [2.45, 2.75) is 26.4 Å². The number of amides is 1. The highest BCUT2D eigenvalue weighted by Crippen LogP contribution is 2.32. The van der Waals surface area contributed by atoms with Crippen molar-refractivity contribution in [3.63, 3.8) is 0 Å². The third kappa shape index (κ3) is 4.25. The molecular formula is C16H18N2O6. The number of ether oxygens (including phenoxy) is 2. The Balaban J connectivity index is 2.37.